The van der Waals surface area contributed by atoms with Crippen molar-refractivity contribution in [3.8, 4) is 0 Å². The predicted molar refractivity (Wildman–Crippen MR) is 101 cm³/mol. The van der Waals surface area contributed by atoms with Gasteiger partial charge in [0.25, 0.3) is 5.56 Å². The molecule has 0 aromatic carbocycles. The van der Waals surface area contributed by atoms with E-state index in [4.69, 9.17) is 4.98 Å². The van der Waals surface area contributed by atoms with E-state index >= 15 is 0 Å². The molecule has 4 aromatic rings. The SMILES string of the molecule is Cc1cc2c(Sc3nc4sc(C)c(C)c4c(=O)n3C)ncnc2s1. The van der Waals surface area contributed by atoms with Crippen molar-refractivity contribution in [1.82, 2.24) is 19.5 Å². The number of aromatic nitrogens is 4. The maximum absolute atomic E-state index is 12.7. The van der Waals surface area contributed by atoms with Gasteiger partial charge in [-0.3, -0.25) is 9.36 Å². The van der Waals surface area contributed by atoms with Gasteiger partial charge < -0.3 is 0 Å². The number of thiophene rings is 2. The summed E-state index contributed by atoms with van der Waals surface area (Å²) in [6, 6.07) is 2.08. The average Bonchev–Trinajstić information content (AvgIpc) is 3.05. The van der Waals surface area contributed by atoms with Crippen molar-refractivity contribution in [3.63, 3.8) is 0 Å². The lowest BCUT2D eigenvalue weighted by Gasteiger charge is -2.07. The van der Waals surface area contributed by atoms with E-state index in [9.17, 15) is 4.79 Å². The molecule has 0 saturated heterocycles. The van der Waals surface area contributed by atoms with Gasteiger partial charge in [-0.25, -0.2) is 15.0 Å². The van der Waals surface area contributed by atoms with Gasteiger partial charge in [-0.05, 0) is 44.2 Å². The lowest BCUT2D eigenvalue weighted by atomic mass is 10.2. The Morgan fingerprint density at radius 1 is 1.12 bits per heavy atom. The van der Waals surface area contributed by atoms with Gasteiger partial charge in [0.2, 0.25) is 0 Å². The van der Waals surface area contributed by atoms with Crippen LogP contribution in [0.15, 0.2) is 27.4 Å². The second-order valence-electron chi connectivity index (χ2n) is 5.58. The zero-order valence-corrected chi connectivity index (χ0v) is 16.0. The van der Waals surface area contributed by atoms with Crippen LogP contribution in [0.1, 0.15) is 15.3 Å². The molecular formula is C16H14N4OS3. The Morgan fingerprint density at radius 3 is 2.71 bits per heavy atom. The smallest absolute Gasteiger partial charge is 0.262 e. The van der Waals surface area contributed by atoms with Crippen LogP contribution in [-0.2, 0) is 7.05 Å². The van der Waals surface area contributed by atoms with Crippen LogP contribution in [0.3, 0.4) is 0 Å². The molecular weight excluding hydrogens is 360 g/mol. The van der Waals surface area contributed by atoms with E-state index in [0.29, 0.717) is 5.16 Å². The molecule has 0 saturated carbocycles. The van der Waals surface area contributed by atoms with E-state index in [1.54, 1.807) is 40.6 Å². The fourth-order valence-corrected chi connectivity index (χ4v) is 5.45. The quantitative estimate of drug-likeness (QED) is 0.391. The highest BCUT2D eigenvalue weighted by Crippen LogP contribution is 2.34. The van der Waals surface area contributed by atoms with Gasteiger partial charge in [0.05, 0.1) is 5.39 Å². The summed E-state index contributed by atoms with van der Waals surface area (Å²) in [7, 11) is 1.76. The van der Waals surface area contributed by atoms with Crippen molar-refractivity contribution in [2.75, 3.05) is 0 Å². The summed E-state index contributed by atoms with van der Waals surface area (Å²) in [6.45, 7) is 6.06. The molecule has 4 heterocycles. The van der Waals surface area contributed by atoms with Crippen LogP contribution < -0.4 is 5.56 Å². The first-order valence-electron chi connectivity index (χ1n) is 7.31. The molecule has 122 valence electrons. The summed E-state index contributed by atoms with van der Waals surface area (Å²) >= 11 is 4.62. The van der Waals surface area contributed by atoms with Gasteiger partial charge in [-0.1, -0.05) is 0 Å². The molecule has 0 fully saturated rings. The number of fused-ring (bicyclic) bond motifs is 2. The highest BCUT2D eigenvalue weighted by atomic mass is 32.2. The van der Waals surface area contributed by atoms with Crippen molar-refractivity contribution >= 4 is 54.9 Å². The van der Waals surface area contributed by atoms with Crippen molar-refractivity contribution in [2.45, 2.75) is 31.0 Å². The van der Waals surface area contributed by atoms with Gasteiger partial charge in [-0.2, -0.15) is 0 Å². The standard InChI is InChI=1S/C16H14N4OS3/c1-7-5-10-12(22-7)17-6-18-13(10)24-16-19-14-11(15(21)20(16)4)8(2)9(3)23-14/h5-6H,1-4H3. The normalized spacial score (nSPS) is 11.7. The minimum Gasteiger partial charge on any atom is -0.290 e. The maximum atomic E-state index is 12.7. The Hall–Kier alpha value is -1.77. The summed E-state index contributed by atoms with van der Waals surface area (Å²) in [6.07, 6.45) is 1.57. The molecule has 0 aliphatic heterocycles. The van der Waals surface area contributed by atoms with Crippen LogP contribution in [0.5, 0.6) is 0 Å². The minimum absolute atomic E-state index is 0.00357. The number of rotatable bonds is 2. The molecule has 0 spiro atoms. The van der Waals surface area contributed by atoms with Crippen molar-refractivity contribution in [2.24, 2.45) is 7.05 Å². The van der Waals surface area contributed by atoms with Gasteiger partial charge in [0.1, 0.15) is 21.0 Å². The molecule has 0 aliphatic rings. The second-order valence-corrected chi connectivity index (χ2v) is 8.97. The zero-order chi connectivity index (χ0) is 17.0. The van der Waals surface area contributed by atoms with Gasteiger partial charge in [-0.15, -0.1) is 22.7 Å². The fraction of sp³-hybridized carbons (Fsp3) is 0.250. The van der Waals surface area contributed by atoms with E-state index in [1.165, 1.54) is 16.6 Å². The zero-order valence-electron chi connectivity index (χ0n) is 13.6. The van der Waals surface area contributed by atoms with Crippen molar-refractivity contribution < 1.29 is 0 Å². The summed E-state index contributed by atoms with van der Waals surface area (Å²) in [5.41, 5.74) is 1.02. The molecule has 0 aliphatic carbocycles. The molecule has 0 unspecified atom stereocenters. The number of aryl methyl sites for hydroxylation is 3. The third kappa shape index (κ3) is 2.37. The highest BCUT2D eigenvalue weighted by molar-refractivity contribution is 7.99. The van der Waals surface area contributed by atoms with E-state index < -0.39 is 0 Å². The van der Waals surface area contributed by atoms with E-state index in [-0.39, 0.29) is 5.56 Å². The van der Waals surface area contributed by atoms with E-state index in [0.717, 1.165) is 35.9 Å². The van der Waals surface area contributed by atoms with Crippen LogP contribution in [0.25, 0.3) is 20.4 Å². The third-order valence-electron chi connectivity index (χ3n) is 3.97. The summed E-state index contributed by atoms with van der Waals surface area (Å²) in [4.78, 5) is 30.2. The van der Waals surface area contributed by atoms with Gasteiger partial charge >= 0.3 is 0 Å². The molecule has 4 aromatic heterocycles. The fourth-order valence-electron chi connectivity index (χ4n) is 2.57. The number of nitrogens with zero attached hydrogens (tertiary/aromatic N) is 4. The first kappa shape index (κ1) is 15.7. The summed E-state index contributed by atoms with van der Waals surface area (Å²) in [5.74, 6) is 0. The second kappa shape index (κ2) is 5.65. The van der Waals surface area contributed by atoms with Crippen molar-refractivity contribution in [3.05, 3.63) is 38.1 Å². The van der Waals surface area contributed by atoms with Crippen LogP contribution in [0, 0.1) is 20.8 Å². The van der Waals surface area contributed by atoms with Crippen LogP contribution in [0.4, 0.5) is 0 Å². The molecule has 4 rings (SSSR count). The van der Waals surface area contributed by atoms with E-state index in [2.05, 4.69) is 23.0 Å². The van der Waals surface area contributed by atoms with Crippen LogP contribution >= 0.6 is 34.4 Å². The molecule has 8 heteroatoms. The number of hydrogen-bond acceptors (Lipinski definition) is 7. The summed E-state index contributed by atoms with van der Waals surface area (Å²) in [5, 5.41) is 3.22. The largest absolute Gasteiger partial charge is 0.290 e. The summed E-state index contributed by atoms with van der Waals surface area (Å²) < 4.78 is 1.61. The Kier molecular flexibility index (Phi) is 3.70. The maximum Gasteiger partial charge on any atom is 0.262 e. The first-order valence-corrected chi connectivity index (χ1v) is 9.76. The van der Waals surface area contributed by atoms with Gasteiger partial charge in [0, 0.05) is 22.2 Å². The number of hydrogen-bond donors (Lipinski definition) is 0. The predicted octanol–water partition coefficient (Wildman–Crippen LogP) is 4.08. The molecule has 0 amide bonds. The Balaban J connectivity index is 1.90. The molecule has 0 atom stereocenters. The van der Waals surface area contributed by atoms with Crippen LogP contribution in [-0.4, -0.2) is 19.5 Å². The molecule has 24 heavy (non-hydrogen) atoms. The Bertz CT molecular complexity index is 1160. The van der Waals surface area contributed by atoms with E-state index in [1.807, 2.05) is 13.8 Å². The third-order valence-corrected chi connectivity index (χ3v) is 7.10. The topological polar surface area (TPSA) is 60.7 Å². The highest BCUT2D eigenvalue weighted by Gasteiger charge is 2.17. The molecule has 0 bridgehead atoms. The molecule has 0 N–H and O–H groups in total. The first-order chi connectivity index (χ1) is 11.5. The molecule has 5 nitrogen and oxygen atoms in total. The van der Waals surface area contributed by atoms with Crippen molar-refractivity contribution in [1.29, 1.82) is 0 Å². The lowest BCUT2D eigenvalue weighted by molar-refractivity contribution is 0.727. The monoisotopic (exact) mass is 374 g/mol. The average molecular weight is 375 g/mol. The Morgan fingerprint density at radius 2 is 1.92 bits per heavy atom. The minimum atomic E-state index is -0.00357. The van der Waals surface area contributed by atoms with Crippen LogP contribution in [0.2, 0.25) is 0 Å². The lowest BCUT2D eigenvalue weighted by Crippen LogP contribution is -2.19. The molecule has 0 radical (unpaired) electrons. The Labute approximate surface area is 150 Å². The van der Waals surface area contributed by atoms with Gasteiger partial charge in [0.15, 0.2) is 5.16 Å².